The van der Waals surface area contributed by atoms with E-state index in [1.165, 1.54) is 23.1 Å². The number of benzene rings is 2. The highest BCUT2D eigenvalue weighted by molar-refractivity contribution is 8.27. The predicted molar refractivity (Wildman–Crippen MR) is 101 cm³/mol. The molecule has 1 fully saturated rings. The first-order valence-corrected chi connectivity index (χ1v) is 8.72. The van der Waals surface area contributed by atoms with Gasteiger partial charge in [0.1, 0.15) is 5.82 Å². The maximum absolute atomic E-state index is 14.0. The van der Waals surface area contributed by atoms with Gasteiger partial charge < -0.3 is 9.84 Å². The first-order chi connectivity index (χ1) is 12.0. The Morgan fingerprint density at radius 2 is 2.08 bits per heavy atom. The molecule has 3 rings (SSSR count). The molecule has 0 radical (unpaired) electrons. The second kappa shape index (κ2) is 7.25. The lowest BCUT2D eigenvalue weighted by molar-refractivity contribution is -0.113. The molecule has 1 heterocycles. The summed E-state index contributed by atoms with van der Waals surface area (Å²) in [6.45, 7) is 2.22. The Bertz CT molecular complexity index is 882. The van der Waals surface area contributed by atoms with Gasteiger partial charge in [-0.2, -0.15) is 0 Å². The number of phenols is 1. The molecule has 7 heteroatoms. The molecule has 1 saturated heterocycles. The molecule has 0 bridgehead atoms. The Kier molecular flexibility index (Phi) is 5.06. The van der Waals surface area contributed by atoms with E-state index in [1.54, 1.807) is 30.3 Å². The van der Waals surface area contributed by atoms with Crippen molar-refractivity contribution in [2.45, 2.75) is 6.92 Å². The lowest BCUT2D eigenvalue weighted by Gasteiger charge is -2.14. The molecular formula is C18H14FNO3S2. The van der Waals surface area contributed by atoms with E-state index in [1.807, 2.05) is 6.92 Å². The van der Waals surface area contributed by atoms with Gasteiger partial charge in [0.05, 0.1) is 17.2 Å². The molecular weight excluding hydrogens is 361 g/mol. The Balaban J connectivity index is 1.93. The smallest absolute Gasteiger partial charge is 0.270 e. The van der Waals surface area contributed by atoms with Gasteiger partial charge in [-0.3, -0.25) is 9.69 Å². The highest BCUT2D eigenvalue weighted by Crippen LogP contribution is 2.37. The number of thiocarbonyl (C=S) groups is 1. The van der Waals surface area contributed by atoms with E-state index in [0.717, 1.165) is 11.8 Å². The normalized spacial score (nSPS) is 15.9. The molecule has 1 aliphatic heterocycles. The minimum absolute atomic E-state index is 0.0258. The second-order valence-corrected chi connectivity index (χ2v) is 6.80. The van der Waals surface area contributed by atoms with E-state index in [-0.39, 0.29) is 21.7 Å². The molecule has 2 aromatic carbocycles. The minimum Gasteiger partial charge on any atom is -0.504 e. The number of carbonyl (C=O) groups excluding carboxylic acids is 1. The summed E-state index contributed by atoms with van der Waals surface area (Å²) >= 11 is 6.34. The third-order valence-corrected chi connectivity index (χ3v) is 4.77. The first kappa shape index (κ1) is 17.4. The highest BCUT2D eigenvalue weighted by Gasteiger charge is 2.34. The quantitative estimate of drug-likeness (QED) is 0.636. The number of nitrogens with zero attached hydrogens (tertiary/aromatic N) is 1. The summed E-state index contributed by atoms with van der Waals surface area (Å²) in [5, 5.41) is 9.75. The van der Waals surface area contributed by atoms with E-state index in [0.29, 0.717) is 22.8 Å². The van der Waals surface area contributed by atoms with Gasteiger partial charge in [-0.25, -0.2) is 4.39 Å². The third kappa shape index (κ3) is 3.52. The van der Waals surface area contributed by atoms with Crippen molar-refractivity contribution in [2.75, 3.05) is 11.5 Å². The number of hydrogen-bond donors (Lipinski definition) is 1. The number of rotatable bonds is 4. The third-order valence-electron chi connectivity index (χ3n) is 3.47. The van der Waals surface area contributed by atoms with Crippen molar-refractivity contribution in [2.24, 2.45) is 0 Å². The van der Waals surface area contributed by atoms with Crippen molar-refractivity contribution in [3.8, 4) is 11.5 Å². The maximum atomic E-state index is 14.0. The molecule has 4 nitrogen and oxygen atoms in total. The molecule has 1 aliphatic rings. The number of ether oxygens (including phenoxy) is 1. The summed E-state index contributed by atoms with van der Waals surface area (Å²) in [5.41, 5.74) is 0.810. The van der Waals surface area contributed by atoms with Crippen LogP contribution in [0.15, 0.2) is 47.4 Å². The number of thioether (sulfide) groups is 1. The predicted octanol–water partition coefficient (Wildman–Crippen LogP) is 4.34. The zero-order chi connectivity index (χ0) is 18.0. The zero-order valence-electron chi connectivity index (χ0n) is 13.2. The summed E-state index contributed by atoms with van der Waals surface area (Å²) in [6, 6.07) is 10.8. The van der Waals surface area contributed by atoms with Gasteiger partial charge in [0, 0.05) is 0 Å². The molecule has 0 saturated carbocycles. The van der Waals surface area contributed by atoms with Crippen molar-refractivity contribution in [3.63, 3.8) is 0 Å². The van der Waals surface area contributed by atoms with Crippen LogP contribution in [0.3, 0.4) is 0 Å². The minimum atomic E-state index is -0.511. The monoisotopic (exact) mass is 375 g/mol. The fraction of sp³-hybridized carbons (Fsp3) is 0.111. The van der Waals surface area contributed by atoms with Gasteiger partial charge in [-0.15, -0.1) is 0 Å². The van der Waals surface area contributed by atoms with Gasteiger partial charge >= 0.3 is 0 Å². The summed E-state index contributed by atoms with van der Waals surface area (Å²) in [5.74, 6) is -0.534. The van der Waals surface area contributed by atoms with Crippen LogP contribution in [0.25, 0.3) is 6.08 Å². The van der Waals surface area contributed by atoms with E-state index in [2.05, 4.69) is 0 Å². The van der Waals surface area contributed by atoms with E-state index >= 15 is 0 Å². The van der Waals surface area contributed by atoms with Gasteiger partial charge in [0.15, 0.2) is 15.8 Å². The number of aromatic hydroxyl groups is 1. The number of phenolic OH excluding ortho intramolecular Hbond substituents is 1. The van der Waals surface area contributed by atoms with Gasteiger partial charge in [0.25, 0.3) is 5.91 Å². The number of para-hydroxylation sites is 1. The van der Waals surface area contributed by atoms with Crippen LogP contribution in [0.1, 0.15) is 12.5 Å². The number of halogens is 1. The van der Waals surface area contributed by atoms with Crippen molar-refractivity contribution in [1.82, 2.24) is 0 Å². The Labute approximate surface area is 153 Å². The molecule has 0 aromatic heterocycles. The van der Waals surface area contributed by atoms with Gasteiger partial charge in [-0.1, -0.05) is 42.2 Å². The lowest BCUT2D eigenvalue weighted by Crippen LogP contribution is -2.28. The van der Waals surface area contributed by atoms with E-state index in [4.69, 9.17) is 17.0 Å². The molecule has 1 N–H and O–H groups in total. The van der Waals surface area contributed by atoms with Crippen molar-refractivity contribution in [3.05, 3.63) is 58.8 Å². The number of anilines is 1. The second-order valence-electron chi connectivity index (χ2n) is 5.13. The molecule has 128 valence electrons. The van der Waals surface area contributed by atoms with Crippen LogP contribution in [0.2, 0.25) is 0 Å². The first-order valence-electron chi connectivity index (χ1n) is 7.49. The molecule has 0 spiro atoms. The number of amides is 1. The molecule has 0 unspecified atom stereocenters. The SMILES string of the molecule is CCOc1cc(/C=C2\SC(=S)N(c3ccccc3F)C2=O)ccc1O. The average Bonchev–Trinajstić information content (AvgIpc) is 2.85. The standard InChI is InChI=1S/C18H14FNO3S2/c1-2-23-15-9-11(7-8-14(15)21)10-16-17(22)20(18(24)25-16)13-6-4-3-5-12(13)19/h3-10,21H,2H2,1H3/b16-10-. The topological polar surface area (TPSA) is 49.8 Å². The van der Waals surface area contributed by atoms with Crippen molar-refractivity contribution >= 4 is 46.0 Å². The lowest BCUT2D eigenvalue weighted by atomic mass is 10.2. The zero-order valence-corrected chi connectivity index (χ0v) is 14.9. The van der Waals surface area contributed by atoms with Crippen LogP contribution >= 0.6 is 24.0 Å². The Morgan fingerprint density at radius 3 is 2.80 bits per heavy atom. The fourth-order valence-corrected chi connectivity index (χ4v) is 3.64. The van der Waals surface area contributed by atoms with Gasteiger partial charge in [-0.05, 0) is 42.8 Å². The molecule has 0 aliphatic carbocycles. The Morgan fingerprint density at radius 1 is 1.32 bits per heavy atom. The summed E-state index contributed by atoms with van der Waals surface area (Å²) in [7, 11) is 0. The average molecular weight is 375 g/mol. The van der Waals surface area contributed by atoms with E-state index < -0.39 is 5.82 Å². The van der Waals surface area contributed by atoms with Crippen LogP contribution in [0.5, 0.6) is 11.5 Å². The number of carbonyl (C=O) groups is 1. The van der Waals surface area contributed by atoms with Crippen LogP contribution in [0, 0.1) is 5.82 Å². The highest BCUT2D eigenvalue weighted by atomic mass is 32.2. The fourth-order valence-electron chi connectivity index (χ4n) is 2.35. The van der Waals surface area contributed by atoms with Crippen LogP contribution < -0.4 is 9.64 Å². The van der Waals surface area contributed by atoms with Crippen LogP contribution in [-0.4, -0.2) is 21.9 Å². The molecule has 25 heavy (non-hydrogen) atoms. The van der Waals surface area contributed by atoms with Crippen LogP contribution in [-0.2, 0) is 4.79 Å². The number of hydrogen-bond acceptors (Lipinski definition) is 5. The maximum Gasteiger partial charge on any atom is 0.270 e. The summed E-state index contributed by atoms with van der Waals surface area (Å²) in [4.78, 5) is 14.2. The molecule has 2 aromatic rings. The van der Waals surface area contributed by atoms with Crippen molar-refractivity contribution in [1.29, 1.82) is 0 Å². The molecule has 0 atom stereocenters. The summed E-state index contributed by atoms with van der Waals surface area (Å²) in [6.07, 6.45) is 1.64. The summed E-state index contributed by atoms with van der Waals surface area (Å²) < 4.78 is 19.6. The van der Waals surface area contributed by atoms with E-state index in [9.17, 15) is 14.3 Å². The Hall–Kier alpha value is -2.38. The van der Waals surface area contributed by atoms with Gasteiger partial charge in [0.2, 0.25) is 0 Å². The molecule has 1 amide bonds. The van der Waals surface area contributed by atoms with Crippen molar-refractivity contribution < 1.29 is 19.0 Å². The van der Waals surface area contributed by atoms with Crippen LogP contribution in [0.4, 0.5) is 10.1 Å². The largest absolute Gasteiger partial charge is 0.504 e.